The van der Waals surface area contributed by atoms with Gasteiger partial charge in [0, 0.05) is 36.7 Å². The van der Waals surface area contributed by atoms with Gasteiger partial charge in [0.15, 0.2) is 0 Å². The van der Waals surface area contributed by atoms with Crippen molar-refractivity contribution in [3.63, 3.8) is 0 Å². The molecule has 0 radical (unpaired) electrons. The van der Waals surface area contributed by atoms with Crippen LogP contribution in [-0.4, -0.2) is 32.6 Å². The predicted molar refractivity (Wildman–Crippen MR) is 69.7 cm³/mol. The molecule has 1 fully saturated rings. The standard InChI is InChI=1S/C12H20BrN3/c1-15-9-11(8-14-15)10-16(7-3-6-13)12-4-2-5-12/h8-9,12H,2-7,10H2,1H3. The molecule has 0 atom stereocenters. The van der Waals surface area contributed by atoms with Crippen LogP contribution in [0.25, 0.3) is 0 Å². The highest BCUT2D eigenvalue weighted by Gasteiger charge is 2.24. The molecule has 1 saturated carbocycles. The zero-order chi connectivity index (χ0) is 11.4. The second-order valence-corrected chi connectivity index (χ2v) is 5.41. The predicted octanol–water partition coefficient (Wildman–Crippen LogP) is 2.56. The van der Waals surface area contributed by atoms with Crippen LogP contribution in [-0.2, 0) is 13.6 Å². The molecule has 0 aromatic carbocycles. The second-order valence-electron chi connectivity index (χ2n) is 4.62. The largest absolute Gasteiger partial charge is 0.296 e. The normalized spacial score (nSPS) is 16.7. The Bertz CT molecular complexity index is 320. The fourth-order valence-electron chi connectivity index (χ4n) is 2.19. The van der Waals surface area contributed by atoms with Crippen LogP contribution in [0.15, 0.2) is 12.4 Å². The molecular weight excluding hydrogens is 266 g/mol. The molecule has 1 aromatic rings. The van der Waals surface area contributed by atoms with Gasteiger partial charge in [-0.1, -0.05) is 22.4 Å². The SMILES string of the molecule is Cn1cc(CN(CCCBr)C2CCC2)cn1. The summed E-state index contributed by atoms with van der Waals surface area (Å²) in [5.41, 5.74) is 1.34. The minimum absolute atomic E-state index is 0.819. The van der Waals surface area contributed by atoms with Gasteiger partial charge in [-0.15, -0.1) is 0 Å². The van der Waals surface area contributed by atoms with Gasteiger partial charge in [0.05, 0.1) is 6.20 Å². The summed E-state index contributed by atoms with van der Waals surface area (Å²) in [7, 11) is 1.98. The van der Waals surface area contributed by atoms with Crippen LogP contribution < -0.4 is 0 Å². The zero-order valence-corrected chi connectivity index (χ0v) is 11.5. The summed E-state index contributed by atoms with van der Waals surface area (Å²) in [4.78, 5) is 2.61. The van der Waals surface area contributed by atoms with Crippen LogP contribution in [0, 0.1) is 0 Å². The van der Waals surface area contributed by atoms with Gasteiger partial charge in [-0.25, -0.2) is 0 Å². The van der Waals surface area contributed by atoms with E-state index in [1.807, 2.05) is 17.9 Å². The summed E-state index contributed by atoms with van der Waals surface area (Å²) >= 11 is 3.51. The molecule has 1 heterocycles. The zero-order valence-electron chi connectivity index (χ0n) is 9.90. The number of hydrogen-bond acceptors (Lipinski definition) is 2. The Labute approximate surface area is 106 Å². The van der Waals surface area contributed by atoms with E-state index in [0.717, 1.165) is 17.9 Å². The molecule has 3 nitrogen and oxygen atoms in total. The van der Waals surface area contributed by atoms with Crippen molar-refractivity contribution < 1.29 is 0 Å². The molecule has 1 aliphatic carbocycles. The molecule has 2 rings (SSSR count). The van der Waals surface area contributed by atoms with E-state index < -0.39 is 0 Å². The summed E-state index contributed by atoms with van der Waals surface area (Å²) in [5, 5.41) is 5.33. The lowest BCUT2D eigenvalue weighted by atomic mass is 9.91. The Hall–Kier alpha value is -0.350. The molecule has 0 spiro atoms. The van der Waals surface area contributed by atoms with Crippen LogP contribution in [0.1, 0.15) is 31.2 Å². The molecule has 0 aliphatic heterocycles. The average molecular weight is 286 g/mol. The van der Waals surface area contributed by atoms with E-state index in [-0.39, 0.29) is 0 Å². The Morgan fingerprint density at radius 1 is 1.56 bits per heavy atom. The fourth-order valence-corrected chi connectivity index (χ4v) is 2.44. The number of halogens is 1. The van der Waals surface area contributed by atoms with Gasteiger partial charge >= 0.3 is 0 Å². The average Bonchev–Trinajstić information content (AvgIpc) is 2.58. The van der Waals surface area contributed by atoms with Crippen molar-refractivity contribution in [2.75, 3.05) is 11.9 Å². The first-order valence-corrected chi connectivity index (χ1v) is 7.19. The van der Waals surface area contributed by atoms with E-state index in [0.29, 0.717) is 0 Å². The summed E-state index contributed by atoms with van der Waals surface area (Å²) in [5.74, 6) is 0. The van der Waals surface area contributed by atoms with Crippen molar-refractivity contribution in [1.82, 2.24) is 14.7 Å². The van der Waals surface area contributed by atoms with E-state index in [2.05, 4.69) is 32.1 Å². The Morgan fingerprint density at radius 2 is 2.38 bits per heavy atom. The maximum atomic E-state index is 4.23. The van der Waals surface area contributed by atoms with Gasteiger partial charge in [-0.2, -0.15) is 5.10 Å². The van der Waals surface area contributed by atoms with E-state index in [4.69, 9.17) is 0 Å². The highest BCUT2D eigenvalue weighted by atomic mass is 79.9. The molecule has 16 heavy (non-hydrogen) atoms. The van der Waals surface area contributed by atoms with Crippen LogP contribution in [0.5, 0.6) is 0 Å². The van der Waals surface area contributed by atoms with E-state index in [1.165, 1.54) is 37.8 Å². The van der Waals surface area contributed by atoms with E-state index in [9.17, 15) is 0 Å². The van der Waals surface area contributed by atoms with Crippen molar-refractivity contribution in [3.8, 4) is 0 Å². The molecule has 4 heteroatoms. The number of aryl methyl sites for hydroxylation is 1. The Balaban J connectivity index is 1.90. The third-order valence-electron chi connectivity index (χ3n) is 3.31. The molecule has 1 aliphatic rings. The molecule has 90 valence electrons. The molecular formula is C12H20BrN3. The smallest absolute Gasteiger partial charge is 0.0534 e. The van der Waals surface area contributed by atoms with Gasteiger partial charge in [0.25, 0.3) is 0 Å². The second kappa shape index (κ2) is 5.82. The van der Waals surface area contributed by atoms with Crippen LogP contribution in [0.3, 0.4) is 0 Å². The van der Waals surface area contributed by atoms with Crippen LogP contribution >= 0.6 is 15.9 Å². The van der Waals surface area contributed by atoms with Gasteiger partial charge in [-0.3, -0.25) is 9.58 Å². The van der Waals surface area contributed by atoms with Crippen LogP contribution in [0.2, 0.25) is 0 Å². The number of alkyl halides is 1. The first-order valence-electron chi connectivity index (χ1n) is 6.07. The number of aromatic nitrogens is 2. The quantitative estimate of drug-likeness (QED) is 0.749. The maximum Gasteiger partial charge on any atom is 0.0534 e. The van der Waals surface area contributed by atoms with Crippen molar-refractivity contribution in [2.24, 2.45) is 7.05 Å². The lowest BCUT2D eigenvalue weighted by molar-refractivity contribution is 0.120. The van der Waals surface area contributed by atoms with Crippen molar-refractivity contribution in [2.45, 2.75) is 38.3 Å². The molecule has 0 saturated heterocycles. The summed E-state index contributed by atoms with van der Waals surface area (Å²) in [6.45, 7) is 2.26. The molecule has 1 aromatic heterocycles. The topological polar surface area (TPSA) is 21.1 Å². The Morgan fingerprint density at radius 3 is 2.88 bits per heavy atom. The first-order chi connectivity index (χ1) is 7.79. The van der Waals surface area contributed by atoms with Crippen molar-refractivity contribution in [3.05, 3.63) is 18.0 Å². The lowest BCUT2D eigenvalue weighted by Gasteiger charge is -2.37. The fraction of sp³-hybridized carbons (Fsp3) is 0.750. The van der Waals surface area contributed by atoms with Gasteiger partial charge < -0.3 is 0 Å². The first kappa shape index (κ1) is 12.1. The highest BCUT2D eigenvalue weighted by Crippen LogP contribution is 2.26. The van der Waals surface area contributed by atoms with Crippen LogP contribution in [0.4, 0.5) is 0 Å². The van der Waals surface area contributed by atoms with Gasteiger partial charge in [0.1, 0.15) is 0 Å². The lowest BCUT2D eigenvalue weighted by Crippen LogP contribution is -2.40. The highest BCUT2D eigenvalue weighted by molar-refractivity contribution is 9.09. The van der Waals surface area contributed by atoms with Gasteiger partial charge in [0.2, 0.25) is 0 Å². The van der Waals surface area contributed by atoms with E-state index >= 15 is 0 Å². The third kappa shape index (κ3) is 3.08. The monoisotopic (exact) mass is 285 g/mol. The minimum atomic E-state index is 0.819. The number of nitrogens with zero attached hydrogens (tertiary/aromatic N) is 3. The maximum absolute atomic E-state index is 4.23. The van der Waals surface area contributed by atoms with Crippen molar-refractivity contribution >= 4 is 15.9 Å². The molecule has 0 bridgehead atoms. The summed E-state index contributed by atoms with van der Waals surface area (Å²) in [6.07, 6.45) is 9.50. The van der Waals surface area contributed by atoms with Crippen molar-refractivity contribution in [1.29, 1.82) is 0 Å². The third-order valence-corrected chi connectivity index (χ3v) is 3.87. The summed E-state index contributed by atoms with van der Waals surface area (Å²) in [6, 6.07) is 0.819. The van der Waals surface area contributed by atoms with E-state index in [1.54, 1.807) is 0 Å². The molecule has 0 unspecified atom stereocenters. The Kier molecular flexibility index (Phi) is 4.41. The molecule has 0 N–H and O–H groups in total. The summed E-state index contributed by atoms with van der Waals surface area (Å²) < 4.78 is 1.89. The molecule has 0 amide bonds. The number of rotatable bonds is 6. The number of hydrogen-bond donors (Lipinski definition) is 0. The van der Waals surface area contributed by atoms with Gasteiger partial charge in [-0.05, 0) is 25.8 Å². The minimum Gasteiger partial charge on any atom is -0.296 e.